The minimum absolute atomic E-state index is 0.339. The van der Waals surface area contributed by atoms with Gasteiger partial charge in [-0.1, -0.05) is 19.1 Å². The van der Waals surface area contributed by atoms with Crippen molar-refractivity contribution in [2.75, 3.05) is 6.61 Å². The molecule has 0 aliphatic rings. The van der Waals surface area contributed by atoms with E-state index in [2.05, 4.69) is 11.9 Å². The van der Waals surface area contributed by atoms with Gasteiger partial charge in [0.1, 0.15) is 11.4 Å². The van der Waals surface area contributed by atoms with Crippen molar-refractivity contribution in [3.8, 4) is 17.1 Å². The molecule has 1 aromatic heterocycles. The van der Waals surface area contributed by atoms with Gasteiger partial charge >= 0.3 is 0 Å². The fourth-order valence-corrected chi connectivity index (χ4v) is 1.74. The Morgan fingerprint density at radius 2 is 2.29 bits per heavy atom. The Hall–Kier alpha value is -1.48. The zero-order valence-corrected chi connectivity index (χ0v) is 10.4. The highest BCUT2D eigenvalue weighted by Gasteiger charge is 2.10. The molecule has 0 spiro atoms. The van der Waals surface area contributed by atoms with Crippen molar-refractivity contribution in [1.82, 2.24) is 4.98 Å². The SMILES string of the molecule is CCCOc1cccc(-c2ocnc2CCl)c1. The standard InChI is InChI=1S/C13H14ClNO2/c1-2-6-16-11-5-3-4-10(7-11)13-12(8-14)15-9-17-13/h3-5,7,9H,2,6,8H2,1H3. The van der Waals surface area contributed by atoms with Crippen molar-refractivity contribution < 1.29 is 9.15 Å². The van der Waals surface area contributed by atoms with Gasteiger partial charge in [0.15, 0.2) is 12.2 Å². The molecule has 1 aromatic carbocycles. The monoisotopic (exact) mass is 251 g/mol. The van der Waals surface area contributed by atoms with E-state index in [-0.39, 0.29) is 0 Å². The third-order valence-corrected chi connectivity index (χ3v) is 2.59. The Labute approximate surface area is 105 Å². The Morgan fingerprint density at radius 1 is 1.41 bits per heavy atom. The second-order valence-corrected chi connectivity index (χ2v) is 3.91. The van der Waals surface area contributed by atoms with Crippen LogP contribution in [0.3, 0.4) is 0 Å². The predicted molar refractivity (Wildman–Crippen MR) is 67.3 cm³/mol. The molecule has 0 N–H and O–H groups in total. The fraction of sp³-hybridized carbons (Fsp3) is 0.308. The largest absolute Gasteiger partial charge is 0.494 e. The molecule has 4 heteroatoms. The van der Waals surface area contributed by atoms with Gasteiger partial charge in [0.2, 0.25) is 0 Å². The lowest BCUT2D eigenvalue weighted by Crippen LogP contribution is -1.94. The number of benzene rings is 1. The highest BCUT2D eigenvalue weighted by molar-refractivity contribution is 6.17. The Morgan fingerprint density at radius 3 is 3.06 bits per heavy atom. The minimum atomic E-state index is 0.339. The van der Waals surface area contributed by atoms with E-state index >= 15 is 0 Å². The molecule has 17 heavy (non-hydrogen) atoms. The lowest BCUT2D eigenvalue weighted by molar-refractivity contribution is 0.317. The van der Waals surface area contributed by atoms with Crippen molar-refractivity contribution in [1.29, 1.82) is 0 Å². The number of hydrogen-bond donors (Lipinski definition) is 0. The van der Waals surface area contributed by atoms with Gasteiger partial charge < -0.3 is 9.15 Å². The Bertz CT molecular complexity index is 482. The summed E-state index contributed by atoms with van der Waals surface area (Å²) >= 11 is 5.79. The molecule has 90 valence electrons. The first kappa shape index (κ1) is 12.0. The van der Waals surface area contributed by atoms with Crippen LogP contribution in [0.4, 0.5) is 0 Å². The summed E-state index contributed by atoms with van der Waals surface area (Å²) in [5, 5.41) is 0. The van der Waals surface area contributed by atoms with Crippen LogP contribution >= 0.6 is 11.6 Å². The van der Waals surface area contributed by atoms with Crippen LogP contribution in [0.2, 0.25) is 0 Å². The number of nitrogens with zero attached hydrogens (tertiary/aromatic N) is 1. The van der Waals surface area contributed by atoms with Crippen LogP contribution in [0.25, 0.3) is 11.3 Å². The summed E-state index contributed by atoms with van der Waals surface area (Å²) in [6.45, 7) is 2.79. The highest BCUT2D eigenvalue weighted by Crippen LogP contribution is 2.27. The van der Waals surface area contributed by atoms with E-state index in [0.717, 1.165) is 23.4 Å². The van der Waals surface area contributed by atoms with Crippen molar-refractivity contribution in [2.24, 2.45) is 0 Å². The highest BCUT2D eigenvalue weighted by atomic mass is 35.5. The molecular weight excluding hydrogens is 238 g/mol. The van der Waals surface area contributed by atoms with Crippen LogP contribution in [-0.2, 0) is 5.88 Å². The summed E-state index contributed by atoms with van der Waals surface area (Å²) in [7, 11) is 0. The summed E-state index contributed by atoms with van der Waals surface area (Å²) in [4.78, 5) is 4.06. The molecule has 0 saturated carbocycles. The van der Waals surface area contributed by atoms with Crippen LogP contribution in [0.5, 0.6) is 5.75 Å². The van der Waals surface area contributed by atoms with Gasteiger partial charge in [-0.25, -0.2) is 4.98 Å². The van der Waals surface area contributed by atoms with E-state index in [1.54, 1.807) is 0 Å². The smallest absolute Gasteiger partial charge is 0.181 e. The number of oxazole rings is 1. The molecule has 0 radical (unpaired) electrons. The van der Waals surface area contributed by atoms with Crippen LogP contribution in [-0.4, -0.2) is 11.6 Å². The van der Waals surface area contributed by atoms with Gasteiger partial charge in [-0.15, -0.1) is 11.6 Å². The van der Waals surface area contributed by atoms with Gasteiger partial charge in [-0.2, -0.15) is 0 Å². The zero-order valence-electron chi connectivity index (χ0n) is 9.65. The van der Waals surface area contributed by atoms with Crippen molar-refractivity contribution in [2.45, 2.75) is 19.2 Å². The maximum atomic E-state index is 5.79. The lowest BCUT2D eigenvalue weighted by Gasteiger charge is -2.05. The Kier molecular flexibility index (Phi) is 4.04. The normalized spacial score (nSPS) is 10.5. The molecule has 0 amide bonds. The second-order valence-electron chi connectivity index (χ2n) is 3.64. The number of hydrogen-bond acceptors (Lipinski definition) is 3. The van der Waals surface area contributed by atoms with Crippen molar-refractivity contribution >= 4 is 11.6 Å². The van der Waals surface area contributed by atoms with Crippen molar-refractivity contribution in [3.05, 3.63) is 36.4 Å². The fourth-order valence-electron chi connectivity index (χ4n) is 1.55. The lowest BCUT2D eigenvalue weighted by atomic mass is 10.1. The van der Waals surface area contributed by atoms with Crippen LogP contribution in [0.1, 0.15) is 19.0 Å². The third kappa shape index (κ3) is 2.80. The Balaban J connectivity index is 2.26. The molecular formula is C13H14ClNO2. The van der Waals surface area contributed by atoms with E-state index < -0.39 is 0 Å². The quantitative estimate of drug-likeness (QED) is 0.757. The molecule has 0 saturated heterocycles. The molecule has 0 aliphatic heterocycles. The summed E-state index contributed by atoms with van der Waals surface area (Å²) in [6, 6.07) is 7.75. The van der Waals surface area contributed by atoms with Gasteiger partial charge in [-0.3, -0.25) is 0 Å². The number of halogens is 1. The zero-order chi connectivity index (χ0) is 12.1. The number of ether oxygens (including phenoxy) is 1. The molecule has 0 unspecified atom stereocenters. The van der Waals surface area contributed by atoms with Gasteiger partial charge in [0.05, 0.1) is 12.5 Å². The number of rotatable bonds is 5. The van der Waals surface area contributed by atoms with Crippen LogP contribution in [0.15, 0.2) is 35.1 Å². The number of aromatic nitrogens is 1. The predicted octanol–water partition coefficient (Wildman–Crippen LogP) is 3.87. The van der Waals surface area contributed by atoms with E-state index in [9.17, 15) is 0 Å². The van der Waals surface area contributed by atoms with E-state index in [1.165, 1.54) is 6.39 Å². The van der Waals surface area contributed by atoms with Gasteiger partial charge in [0.25, 0.3) is 0 Å². The van der Waals surface area contributed by atoms with E-state index in [1.807, 2.05) is 24.3 Å². The number of alkyl halides is 1. The average molecular weight is 252 g/mol. The maximum Gasteiger partial charge on any atom is 0.181 e. The van der Waals surface area contributed by atoms with Crippen LogP contribution < -0.4 is 4.74 Å². The average Bonchev–Trinajstić information content (AvgIpc) is 2.85. The van der Waals surface area contributed by atoms with Gasteiger partial charge in [0, 0.05) is 5.56 Å². The third-order valence-electron chi connectivity index (χ3n) is 2.34. The van der Waals surface area contributed by atoms with E-state index in [0.29, 0.717) is 18.2 Å². The molecule has 0 fully saturated rings. The van der Waals surface area contributed by atoms with E-state index in [4.69, 9.17) is 20.8 Å². The first-order valence-electron chi connectivity index (χ1n) is 5.56. The molecule has 0 atom stereocenters. The summed E-state index contributed by atoms with van der Waals surface area (Å²) in [5.74, 6) is 1.88. The first-order chi connectivity index (χ1) is 8.35. The molecule has 2 rings (SSSR count). The summed E-state index contributed by atoms with van der Waals surface area (Å²) < 4.78 is 10.9. The molecule has 0 aliphatic carbocycles. The van der Waals surface area contributed by atoms with Crippen molar-refractivity contribution in [3.63, 3.8) is 0 Å². The minimum Gasteiger partial charge on any atom is -0.494 e. The molecule has 3 nitrogen and oxygen atoms in total. The van der Waals surface area contributed by atoms with Gasteiger partial charge in [-0.05, 0) is 18.6 Å². The topological polar surface area (TPSA) is 35.3 Å². The second kappa shape index (κ2) is 5.73. The van der Waals surface area contributed by atoms with Crippen LogP contribution in [0, 0.1) is 0 Å². The molecule has 1 heterocycles. The maximum absolute atomic E-state index is 5.79. The summed E-state index contributed by atoms with van der Waals surface area (Å²) in [6.07, 6.45) is 2.39. The molecule has 2 aromatic rings. The first-order valence-corrected chi connectivity index (χ1v) is 6.10. The summed E-state index contributed by atoms with van der Waals surface area (Å²) in [5.41, 5.74) is 1.69. The molecule has 0 bridgehead atoms.